The Labute approximate surface area is 98.8 Å². The Bertz CT molecular complexity index is 171. The lowest BCUT2D eigenvalue weighted by Crippen LogP contribution is -2.32. The molecule has 1 heterocycles. The Morgan fingerprint density at radius 1 is 1.20 bits per heavy atom. The molecule has 1 saturated carbocycles. The maximum Gasteiger partial charge on any atom is 0.0172 e. The molecule has 2 rings (SSSR count). The van der Waals surface area contributed by atoms with E-state index in [0.29, 0.717) is 0 Å². The second-order valence-corrected chi connectivity index (χ2v) is 6.74. The Morgan fingerprint density at radius 2 is 2.00 bits per heavy atom. The predicted molar refractivity (Wildman–Crippen MR) is 69.5 cm³/mol. The third-order valence-corrected chi connectivity index (χ3v) is 5.28. The summed E-state index contributed by atoms with van der Waals surface area (Å²) in [5.41, 5.74) is 0. The summed E-state index contributed by atoms with van der Waals surface area (Å²) in [5, 5.41) is 4.64. The maximum atomic E-state index is 3.73. The highest BCUT2D eigenvalue weighted by Crippen LogP contribution is 2.29. The minimum Gasteiger partial charge on any atom is -0.313 e. The van der Waals surface area contributed by atoms with E-state index in [1.807, 2.05) is 0 Å². The van der Waals surface area contributed by atoms with E-state index >= 15 is 0 Å². The average molecular weight is 227 g/mol. The normalized spacial score (nSPS) is 29.8. The summed E-state index contributed by atoms with van der Waals surface area (Å²) in [4.78, 5) is 0. The molecule has 2 heteroatoms. The van der Waals surface area contributed by atoms with E-state index in [2.05, 4.69) is 24.0 Å². The molecule has 0 spiro atoms. The predicted octanol–water partition coefficient (Wildman–Crippen LogP) is 3.44. The zero-order valence-electron chi connectivity index (χ0n) is 10.0. The fraction of sp³-hybridized carbons (Fsp3) is 1.00. The van der Waals surface area contributed by atoms with Crippen molar-refractivity contribution in [2.45, 2.75) is 63.2 Å². The van der Waals surface area contributed by atoms with Gasteiger partial charge < -0.3 is 5.32 Å². The molecule has 1 saturated heterocycles. The molecular formula is C13H25NS. The van der Waals surface area contributed by atoms with Gasteiger partial charge in [0.1, 0.15) is 0 Å². The molecule has 0 radical (unpaired) electrons. The van der Waals surface area contributed by atoms with Crippen molar-refractivity contribution in [2.24, 2.45) is 5.92 Å². The van der Waals surface area contributed by atoms with Gasteiger partial charge >= 0.3 is 0 Å². The largest absolute Gasteiger partial charge is 0.313 e. The third kappa shape index (κ3) is 3.99. The minimum atomic E-state index is 0.745. The number of hydrogen-bond donors (Lipinski definition) is 1. The van der Waals surface area contributed by atoms with Crippen LogP contribution in [0.4, 0.5) is 0 Å². The fourth-order valence-electron chi connectivity index (χ4n) is 2.97. The van der Waals surface area contributed by atoms with Crippen molar-refractivity contribution < 1.29 is 0 Å². The van der Waals surface area contributed by atoms with E-state index < -0.39 is 0 Å². The first-order chi connectivity index (χ1) is 7.34. The average Bonchev–Trinajstić information content (AvgIpc) is 2.86. The van der Waals surface area contributed by atoms with Gasteiger partial charge in [0, 0.05) is 17.8 Å². The van der Waals surface area contributed by atoms with E-state index in [-0.39, 0.29) is 0 Å². The molecule has 2 aliphatic rings. The van der Waals surface area contributed by atoms with Gasteiger partial charge in [-0.3, -0.25) is 0 Å². The molecule has 2 atom stereocenters. The summed E-state index contributed by atoms with van der Waals surface area (Å²) in [7, 11) is 0. The number of hydrogen-bond acceptors (Lipinski definition) is 2. The van der Waals surface area contributed by atoms with Crippen LogP contribution in [0.25, 0.3) is 0 Å². The molecule has 15 heavy (non-hydrogen) atoms. The van der Waals surface area contributed by atoms with Gasteiger partial charge in [-0.05, 0) is 37.9 Å². The van der Waals surface area contributed by atoms with E-state index in [4.69, 9.17) is 0 Å². The van der Waals surface area contributed by atoms with E-state index in [9.17, 15) is 0 Å². The molecule has 0 amide bonds. The van der Waals surface area contributed by atoms with Crippen molar-refractivity contribution in [3.63, 3.8) is 0 Å². The monoisotopic (exact) mass is 227 g/mol. The zero-order valence-corrected chi connectivity index (χ0v) is 10.8. The number of thioether (sulfide) groups is 1. The molecule has 0 bridgehead atoms. The minimum absolute atomic E-state index is 0.745. The molecule has 0 aromatic carbocycles. The quantitative estimate of drug-likeness (QED) is 0.772. The van der Waals surface area contributed by atoms with Gasteiger partial charge in [-0.15, -0.1) is 0 Å². The zero-order chi connectivity index (χ0) is 10.5. The van der Waals surface area contributed by atoms with Crippen LogP contribution in [0, 0.1) is 5.92 Å². The standard InChI is InChI=1S/C13H25NS/c1-11(9-12-5-2-3-6-12)14-10-13-7-4-8-15-13/h11-14H,2-10H2,1H3. The summed E-state index contributed by atoms with van der Waals surface area (Å²) in [6, 6.07) is 0.745. The molecule has 0 aromatic rings. The van der Waals surface area contributed by atoms with Crippen molar-refractivity contribution >= 4 is 11.8 Å². The van der Waals surface area contributed by atoms with Crippen LogP contribution < -0.4 is 5.32 Å². The Morgan fingerprint density at radius 3 is 2.67 bits per heavy atom. The highest BCUT2D eigenvalue weighted by atomic mass is 32.2. The Hall–Kier alpha value is 0.310. The van der Waals surface area contributed by atoms with Gasteiger partial charge in [0.15, 0.2) is 0 Å². The van der Waals surface area contributed by atoms with Gasteiger partial charge in [0.2, 0.25) is 0 Å². The molecule has 1 nitrogen and oxygen atoms in total. The second-order valence-electron chi connectivity index (χ2n) is 5.33. The molecule has 0 aromatic heterocycles. The van der Waals surface area contributed by atoms with Gasteiger partial charge in [-0.25, -0.2) is 0 Å². The Kier molecular flexibility index (Phi) is 4.83. The molecule has 1 aliphatic carbocycles. The summed E-state index contributed by atoms with van der Waals surface area (Å²) in [6.07, 6.45) is 10.2. The van der Waals surface area contributed by atoms with Gasteiger partial charge in [0.05, 0.1) is 0 Å². The molecule has 88 valence electrons. The van der Waals surface area contributed by atoms with Crippen LogP contribution in [0.5, 0.6) is 0 Å². The molecule has 2 fully saturated rings. The second kappa shape index (κ2) is 6.15. The fourth-order valence-corrected chi connectivity index (χ4v) is 4.18. The van der Waals surface area contributed by atoms with Crippen LogP contribution in [-0.4, -0.2) is 23.6 Å². The lowest BCUT2D eigenvalue weighted by molar-refractivity contribution is 0.405. The maximum absolute atomic E-state index is 3.73. The van der Waals surface area contributed by atoms with Crippen LogP contribution in [0.3, 0.4) is 0 Å². The summed E-state index contributed by atoms with van der Waals surface area (Å²) < 4.78 is 0. The topological polar surface area (TPSA) is 12.0 Å². The van der Waals surface area contributed by atoms with Crippen LogP contribution in [0.2, 0.25) is 0 Å². The smallest absolute Gasteiger partial charge is 0.0172 e. The lowest BCUT2D eigenvalue weighted by Gasteiger charge is -2.19. The van der Waals surface area contributed by atoms with Crippen molar-refractivity contribution in [1.29, 1.82) is 0 Å². The van der Waals surface area contributed by atoms with Gasteiger partial charge in [-0.2, -0.15) is 11.8 Å². The molecular weight excluding hydrogens is 202 g/mol. The summed E-state index contributed by atoms with van der Waals surface area (Å²) in [6.45, 7) is 3.62. The molecule has 1 aliphatic heterocycles. The highest BCUT2D eigenvalue weighted by Gasteiger charge is 2.19. The van der Waals surface area contributed by atoms with Crippen molar-refractivity contribution in [2.75, 3.05) is 12.3 Å². The van der Waals surface area contributed by atoms with Crippen LogP contribution in [0.15, 0.2) is 0 Å². The van der Waals surface area contributed by atoms with Gasteiger partial charge in [-0.1, -0.05) is 25.7 Å². The van der Waals surface area contributed by atoms with Crippen molar-refractivity contribution in [3.05, 3.63) is 0 Å². The molecule has 1 N–H and O–H groups in total. The van der Waals surface area contributed by atoms with Gasteiger partial charge in [0.25, 0.3) is 0 Å². The highest BCUT2D eigenvalue weighted by molar-refractivity contribution is 8.00. The first-order valence-corrected chi connectivity index (χ1v) is 7.74. The first kappa shape index (κ1) is 11.8. The van der Waals surface area contributed by atoms with E-state index in [1.165, 1.54) is 57.2 Å². The van der Waals surface area contributed by atoms with Crippen LogP contribution >= 0.6 is 11.8 Å². The van der Waals surface area contributed by atoms with Crippen LogP contribution in [-0.2, 0) is 0 Å². The van der Waals surface area contributed by atoms with E-state index in [1.54, 1.807) is 0 Å². The first-order valence-electron chi connectivity index (χ1n) is 6.69. The SMILES string of the molecule is CC(CC1CCCC1)NCC1CCCS1. The third-order valence-electron chi connectivity index (χ3n) is 3.88. The molecule has 2 unspecified atom stereocenters. The summed E-state index contributed by atoms with van der Waals surface area (Å²) >= 11 is 2.16. The number of rotatable bonds is 5. The van der Waals surface area contributed by atoms with Crippen LogP contribution in [0.1, 0.15) is 51.9 Å². The van der Waals surface area contributed by atoms with E-state index in [0.717, 1.165) is 17.2 Å². The lowest BCUT2D eigenvalue weighted by atomic mass is 9.99. The van der Waals surface area contributed by atoms with Crippen molar-refractivity contribution in [3.8, 4) is 0 Å². The Balaban J connectivity index is 1.57. The number of nitrogens with one attached hydrogen (secondary N) is 1. The van der Waals surface area contributed by atoms with Crippen molar-refractivity contribution in [1.82, 2.24) is 5.32 Å². The summed E-state index contributed by atoms with van der Waals surface area (Å²) in [5.74, 6) is 2.42.